The zero-order valence-corrected chi connectivity index (χ0v) is 16.6. The summed E-state index contributed by atoms with van der Waals surface area (Å²) in [4.78, 5) is 19.2. The number of rotatable bonds is 3. The molecule has 0 bridgehead atoms. The van der Waals surface area contributed by atoms with Crippen LogP contribution in [0.15, 0.2) is 30.3 Å². The third kappa shape index (κ3) is 3.12. The van der Waals surface area contributed by atoms with Gasteiger partial charge in [0.1, 0.15) is 18.2 Å². The van der Waals surface area contributed by atoms with Gasteiger partial charge in [-0.15, -0.1) is 0 Å². The predicted molar refractivity (Wildman–Crippen MR) is 108 cm³/mol. The molecular formula is C21H22ClN3O3. The number of aryl methyl sites for hydroxylation is 2. The van der Waals surface area contributed by atoms with Crippen LogP contribution >= 0.6 is 11.6 Å². The van der Waals surface area contributed by atoms with Crippen LogP contribution in [0.4, 0.5) is 0 Å². The normalized spacial score (nSPS) is 16.9. The third-order valence-corrected chi connectivity index (χ3v) is 5.99. The molecule has 146 valence electrons. The molecule has 1 atom stereocenters. The van der Waals surface area contributed by atoms with Gasteiger partial charge < -0.3 is 19.7 Å². The van der Waals surface area contributed by atoms with Crippen molar-refractivity contribution in [3.63, 3.8) is 0 Å². The number of aromatic hydroxyl groups is 1. The molecule has 1 aliphatic heterocycles. The Bertz CT molecular complexity index is 1080. The number of amides is 1. The first kappa shape index (κ1) is 18.8. The molecular weight excluding hydrogens is 378 g/mol. The Balaban J connectivity index is 1.56. The smallest absolute Gasteiger partial charge is 0.253 e. The van der Waals surface area contributed by atoms with E-state index in [-0.39, 0.29) is 24.2 Å². The van der Waals surface area contributed by atoms with Gasteiger partial charge in [0.15, 0.2) is 0 Å². The molecule has 1 saturated heterocycles. The number of hydrogen-bond acceptors (Lipinski definition) is 4. The maximum atomic E-state index is 13.0. The van der Waals surface area contributed by atoms with Crippen LogP contribution in [-0.4, -0.2) is 43.7 Å². The number of aliphatic hydroxyl groups excluding tert-OH is 1. The van der Waals surface area contributed by atoms with E-state index in [9.17, 15) is 15.0 Å². The Hall–Kier alpha value is -2.57. The van der Waals surface area contributed by atoms with Gasteiger partial charge in [-0.25, -0.2) is 4.98 Å². The van der Waals surface area contributed by atoms with Gasteiger partial charge in [-0.05, 0) is 48.7 Å². The maximum absolute atomic E-state index is 13.0. The topological polar surface area (TPSA) is 78.6 Å². The van der Waals surface area contributed by atoms with E-state index in [1.807, 2.05) is 35.6 Å². The van der Waals surface area contributed by atoms with E-state index in [2.05, 4.69) is 4.98 Å². The zero-order chi connectivity index (χ0) is 20.0. The minimum atomic E-state index is -0.147. The van der Waals surface area contributed by atoms with E-state index in [0.717, 1.165) is 23.1 Å². The second-order valence-electron chi connectivity index (χ2n) is 7.35. The molecule has 0 spiro atoms. The summed E-state index contributed by atoms with van der Waals surface area (Å²) in [6, 6.07) is 8.91. The first-order chi connectivity index (χ1) is 13.4. The molecule has 1 fully saturated rings. The molecule has 4 rings (SSSR count). The Morgan fingerprint density at radius 1 is 1.32 bits per heavy atom. The number of benzene rings is 2. The quantitative estimate of drug-likeness (QED) is 0.707. The number of phenols is 1. The predicted octanol–water partition coefficient (Wildman–Crippen LogP) is 3.36. The highest BCUT2D eigenvalue weighted by molar-refractivity contribution is 6.31. The van der Waals surface area contributed by atoms with Crippen LogP contribution in [-0.2, 0) is 13.7 Å². The van der Waals surface area contributed by atoms with Gasteiger partial charge in [0.25, 0.3) is 5.91 Å². The Labute approximate surface area is 168 Å². The number of likely N-dealkylation sites (tertiary alicyclic amines) is 1. The summed E-state index contributed by atoms with van der Waals surface area (Å²) in [5.41, 5.74) is 3.90. The monoisotopic (exact) mass is 399 g/mol. The molecule has 1 amide bonds. The molecule has 28 heavy (non-hydrogen) atoms. The lowest BCUT2D eigenvalue weighted by atomic mass is 9.96. The van der Waals surface area contributed by atoms with Crippen LogP contribution in [0.5, 0.6) is 5.75 Å². The average Bonchev–Trinajstić information content (AvgIpc) is 3.29. The number of aliphatic hydroxyl groups is 1. The molecule has 0 radical (unpaired) electrons. The van der Waals surface area contributed by atoms with Crippen molar-refractivity contribution in [2.45, 2.75) is 25.9 Å². The second-order valence-corrected chi connectivity index (χ2v) is 7.75. The minimum absolute atomic E-state index is 0.0502. The van der Waals surface area contributed by atoms with Crippen molar-refractivity contribution in [1.29, 1.82) is 0 Å². The number of phenolic OH excluding ortho intramolecular Hbond substituents is 1. The van der Waals surface area contributed by atoms with Crippen LogP contribution < -0.4 is 0 Å². The lowest BCUT2D eigenvalue weighted by Crippen LogP contribution is -2.28. The van der Waals surface area contributed by atoms with Gasteiger partial charge in [0.2, 0.25) is 0 Å². The molecule has 2 heterocycles. The number of fused-ring (bicyclic) bond motifs is 1. The van der Waals surface area contributed by atoms with Crippen LogP contribution in [0.3, 0.4) is 0 Å². The number of halogens is 1. The zero-order valence-electron chi connectivity index (χ0n) is 15.8. The van der Waals surface area contributed by atoms with E-state index in [4.69, 9.17) is 11.6 Å². The number of carbonyl (C=O) groups excluding carboxylic acids is 1. The maximum Gasteiger partial charge on any atom is 0.253 e. The SMILES string of the molecule is Cc1cc(C2CCN(C(=O)c3ccc4c(c3)nc(CO)n4C)C2)c(O)cc1Cl. The van der Waals surface area contributed by atoms with Crippen LogP contribution in [0.1, 0.15) is 39.6 Å². The highest BCUT2D eigenvalue weighted by Crippen LogP contribution is 2.36. The Morgan fingerprint density at radius 3 is 2.86 bits per heavy atom. The molecule has 1 aromatic heterocycles. The van der Waals surface area contributed by atoms with Crippen LogP contribution in [0.25, 0.3) is 11.0 Å². The van der Waals surface area contributed by atoms with E-state index < -0.39 is 0 Å². The fraction of sp³-hybridized carbons (Fsp3) is 0.333. The summed E-state index contributed by atoms with van der Waals surface area (Å²) in [5, 5.41) is 20.2. The van der Waals surface area contributed by atoms with Crippen molar-refractivity contribution in [1.82, 2.24) is 14.5 Å². The summed E-state index contributed by atoms with van der Waals surface area (Å²) in [6.07, 6.45) is 0.793. The molecule has 2 aromatic carbocycles. The summed E-state index contributed by atoms with van der Waals surface area (Å²) in [5.74, 6) is 0.779. The fourth-order valence-corrected chi connectivity index (χ4v) is 4.08. The average molecular weight is 400 g/mol. The van der Waals surface area contributed by atoms with Gasteiger partial charge in [-0.3, -0.25) is 4.79 Å². The first-order valence-corrected chi connectivity index (χ1v) is 9.61. The molecule has 7 heteroatoms. The third-order valence-electron chi connectivity index (χ3n) is 5.59. The summed E-state index contributed by atoms with van der Waals surface area (Å²) in [7, 11) is 1.84. The van der Waals surface area contributed by atoms with E-state index in [1.54, 1.807) is 18.2 Å². The van der Waals surface area contributed by atoms with Crippen LogP contribution in [0, 0.1) is 6.92 Å². The first-order valence-electron chi connectivity index (χ1n) is 9.23. The summed E-state index contributed by atoms with van der Waals surface area (Å²) in [6.45, 7) is 2.94. The van der Waals surface area contributed by atoms with Crippen molar-refractivity contribution < 1.29 is 15.0 Å². The highest BCUT2D eigenvalue weighted by atomic mass is 35.5. The molecule has 0 saturated carbocycles. The summed E-state index contributed by atoms with van der Waals surface area (Å²) >= 11 is 6.07. The highest BCUT2D eigenvalue weighted by Gasteiger charge is 2.30. The number of aromatic nitrogens is 2. The van der Waals surface area contributed by atoms with Gasteiger partial charge in [0, 0.05) is 36.6 Å². The Morgan fingerprint density at radius 2 is 2.11 bits per heavy atom. The lowest BCUT2D eigenvalue weighted by Gasteiger charge is -2.18. The van der Waals surface area contributed by atoms with E-state index in [1.165, 1.54) is 0 Å². The Kier molecular flexibility index (Phi) is 4.77. The number of imidazole rings is 1. The summed E-state index contributed by atoms with van der Waals surface area (Å²) < 4.78 is 1.82. The molecule has 3 aromatic rings. The van der Waals surface area contributed by atoms with Crippen molar-refractivity contribution in [3.05, 3.63) is 57.9 Å². The van der Waals surface area contributed by atoms with Crippen molar-refractivity contribution in [2.24, 2.45) is 7.05 Å². The second kappa shape index (κ2) is 7.11. The standard InChI is InChI=1S/C21H22ClN3O3/c1-12-7-15(19(27)9-16(12)22)14-5-6-25(10-14)21(28)13-3-4-18-17(8-13)23-20(11-26)24(18)2/h3-4,7-9,14,26-27H,5-6,10-11H2,1-2H3. The molecule has 1 unspecified atom stereocenters. The fourth-order valence-electron chi connectivity index (χ4n) is 3.93. The number of carbonyl (C=O) groups is 1. The largest absolute Gasteiger partial charge is 0.508 e. The molecule has 2 N–H and O–H groups in total. The van der Waals surface area contributed by atoms with E-state index >= 15 is 0 Å². The molecule has 6 nitrogen and oxygen atoms in total. The van der Waals surface area contributed by atoms with Crippen molar-refractivity contribution in [3.8, 4) is 5.75 Å². The van der Waals surface area contributed by atoms with Gasteiger partial charge in [0.05, 0.1) is 11.0 Å². The van der Waals surface area contributed by atoms with Crippen molar-refractivity contribution in [2.75, 3.05) is 13.1 Å². The molecule has 1 aliphatic rings. The number of nitrogens with zero attached hydrogens (tertiary/aromatic N) is 3. The van der Waals surface area contributed by atoms with Crippen molar-refractivity contribution >= 4 is 28.5 Å². The number of hydrogen-bond donors (Lipinski definition) is 2. The van der Waals surface area contributed by atoms with E-state index in [0.29, 0.717) is 35.0 Å². The van der Waals surface area contributed by atoms with Gasteiger partial charge in [-0.2, -0.15) is 0 Å². The minimum Gasteiger partial charge on any atom is -0.508 e. The molecule has 0 aliphatic carbocycles. The van der Waals surface area contributed by atoms with Gasteiger partial charge in [-0.1, -0.05) is 17.7 Å². The lowest BCUT2D eigenvalue weighted by molar-refractivity contribution is 0.0790. The van der Waals surface area contributed by atoms with Gasteiger partial charge >= 0.3 is 0 Å². The van der Waals surface area contributed by atoms with Crippen LogP contribution in [0.2, 0.25) is 5.02 Å².